The molecule has 10 heteroatoms. The molecule has 3 aromatic rings. The van der Waals surface area contributed by atoms with Gasteiger partial charge in [-0.2, -0.15) is 13.2 Å². The molecule has 0 saturated heterocycles. The molecule has 2 aromatic heterocycles. The number of ether oxygens (including phenoxy) is 1. The first-order valence-electron chi connectivity index (χ1n) is 13.6. The summed E-state index contributed by atoms with van der Waals surface area (Å²) < 4.78 is 48.5. The Morgan fingerprint density at radius 3 is 2.79 bits per heavy atom. The molecule has 0 bridgehead atoms. The number of nitrogens with one attached hydrogen (secondary N) is 1. The van der Waals surface area contributed by atoms with Crippen LogP contribution in [0, 0.1) is 0 Å². The Morgan fingerprint density at radius 2 is 2.00 bits per heavy atom. The van der Waals surface area contributed by atoms with Crippen molar-refractivity contribution < 1.29 is 22.7 Å². The Kier molecular flexibility index (Phi) is 9.48. The highest BCUT2D eigenvalue weighted by atomic mass is 19.4. The van der Waals surface area contributed by atoms with E-state index in [0.29, 0.717) is 25.8 Å². The second-order valence-corrected chi connectivity index (χ2v) is 9.90. The molecule has 1 aliphatic rings. The second kappa shape index (κ2) is 13.0. The highest BCUT2D eigenvalue weighted by molar-refractivity contribution is 5.69. The number of hydrogen-bond donors (Lipinski definition) is 1. The third kappa shape index (κ3) is 7.52. The molecule has 1 atom stereocenters. The zero-order valence-corrected chi connectivity index (χ0v) is 22.2. The van der Waals surface area contributed by atoms with Gasteiger partial charge >= 0.3 is 17.8 Å². The van der Waals surface area contributed by atoms with Gasteiger partial charge in [0.15, 0.2) is 0 Å². The van der Waals surface area contributed by atoms with Crippen LogP contribution in [0.5, 0.6) is 0 Å². The molecule has 0 spiro atoms. The molecular formula is C29H35F3N4O3. The number of carbonyl (C=O) groups excluding carboxylic acids is 1. The van der Waals surface area contributed by atoms with Crippen LogP contribution in [0.1, 0.15) is 73.9 Å². The highest BCUT2D eigenvalue weighted by Crippen LogP contribution is 2.31. The number of nitrogens with zero attached hydrogens (tertiary/aromatic N) is 3. The van der Waals surface area contributed by atoms with Gasteiger partial charge in [-0.05, 0) is 67.9 Å². The number of aromatic nitrogens is 3. The predicted molar refractivity (Wildman–Crippen MR) is 143 cm³/mol. The number of pyridine rings is 1. The van der Waals surface area contributed by atoms with E-state index < -0.39 is 23.8 Å². The van der Waals surface area contributed by atoms with Crippen LogP contribution in [-0.4, -0.2) is 33.2 Å². The molecule has 0 saturated carbocycles. The smallest absolute Gasteiger partial charge is 0.416 e. The van der Waals surface area contributed by atoms with E-state index in [1.165, 1.54) is 33.0 Å². The average Bonchev–Trinajstić information content (AvgIpc) is 3.11. The Labute approximate surface area is 226 Å². The number of hydrogen-bond acceptors (Lipinski definition) is 5. The molecule has 210 valence electrons. The topological polar surface area (TPSA) is 78.2 Å². The normalized spacial score (nSPS) is 14.3. The number of benzene rings is 1. The van der Waals surface area contributed by atoms with Gasteiger partial charge in [0.05, 0.1) is 11.6 Å². The van der Waals surface area contributed by atoms with E-state index in [9.17, 15) is 22.8 Å². The lowest BCUT2D eigenvalue weighted by Gasteiger charge is -2.20. The lowest BCUT2D eigenvalue weighted by Crippen LogP contribution is -2.31. The van der Waals surface area contributed by atoms with E-state index in [1.54, 1.807) is 6.20 Å². The third-order valence-corrected chi connectivity index (χ3v) is 6.98. The van der Waals surface area contributed by atoms with Crippen molar-refractivity contribution in [3.8, 4) is 0 Å². The Balaban J connectivity index is 1.49. The first kappa shape index (κ1) is 28.4. The van der Waals surface area contributed by atoms with Crippen LogP contribution in [0.25, 0.3) is 0 Å². The van der Waals surface area contributed by atoms with E-state index >= 15 is 0 Å². The molecule has 1 unspecified atom stereocenters. The lowest BCUT2D eigenvalue weighted by molar-refractivity contribution is -0.144. The number of carbonyl (C=O) groups is 1. The van der Waals surface area contributed by atoms with E-state index in [1.807, 2.05) is 13.0 Å². The van der Waals surface area contributed by atoms with E-state index in [-0.39, 0.29) is 24.3 Å². The summed E-state index contributed by atoms with van der Waals surface area (Å²) in [5.74, 6) is 0.495. The molecule has 1 aromatic carbocycles. The first-order chi connectivity index (χ1) is 18.8. The molecular weight excluding hydrogens is 509 g/mol. The van der Waals surface area contributed by atoms with E-state index in [0.717, 1.165) is 55.9 Å². The Hall–Kier alpha value is -3.56. The van der Waals surface area contributed by atoms with Crippen molar-refractivity contribution in [1.29, 1.82) is 0 Å². The molecule has 39 heavy (non-hydrogen) atoms. The fourth-order valence-electron chi connectivity index (χ4n) is 4.76. The number of esters is 1. The van der Waals surface area contributed by atoms with Crippen molar-refractivity contribution in [2.24, 2.45) is 0 Å². The molecule has 0 aliphatic carbocycles. The fourth-order valence-corrected chi connectivity index (χ4v) is 4.76. The van der Waals surface area contributed by atoms with Crippen LogP contribution in [-0.2, 0) is 35.1 Å². The minimum absolute atomic E-state index is 0.216. The van der Waals surface area contributed by atoms with Gasteiger partial charge in [0.2, 0.25) is 0 Å². The number of halogens is 3. The van der Waals surface area contributed by atoms with Crippen LogP contribution in [0.4, 0.5) is 19.0 Å². The van der Waals surface area contributed by atoms with Gasteiger partial charge in [0, 0.05) is 37.6 Å². The highest BCUT2D eigenvalue weighted by Gasteiger charge is 2.31. The summed E-state index contributed by atoms with van der Waals surface area (Å²) in [6, 6.07) is 8.05. The van der Waals surface area contributed by atoms with Crippen LogP contribution in [0.2, 0.25) is 0 Å². The number of rotatable bonds is 11. The van der Waals surface area contributed by atoms with Gasteiger partial charge < -0.3 is 10.1 Å². The third-order valence-electron chi connectivity index (χ3n) is 6.98. The monoisotopic (exact) mass is 544 g/mol. The minimum Gasteiger partial charge on any atom is -0.463 e. The van der Waals surface area contributed by atoms with Crippen LogP contribution in [0.15, 0.2) is 53.6 Å². The molecule has 0 radical (unpaired) electrons. The van der Waals surface area contributed by atoms with Crippen LogP contribution in [0.3, 0.4) is 0 Å². The molecule has 1 aliphatic heterocycles. The molecule has 4 rings (SSSR count). The summed E-state index contributed by atoms with van der Waals surface area (Å²) in [6.07, 6.45) is 4.91. The summed E-state index contributed by atoms with van der Waals surface area (Å²) in [6.45, 7) is 3.04. The van der Waals surface area contributed by atoms with Crippen molar-refractivity contribution in [2.45, 2.75) is 77.1 Å². The summed E-state index contributed by atoms with van der Waals surface area (Å²) in [5.41, 5.74) is 1.21. The average molecular weight is 545 g/mol. The quantitative estimate of drug-likeness (QED) is 0.310. The number of anilines is 1. The van der Waals surface area contributed by atoms with Gasteiger partial charge in [-0.3, -0.25) is 13.9 Å². The number of aryl methyl sites for hydroxylation is 3. The van der Waals surface area contributed by atoms with Gasteiger partial charge in [0.1, 0.15) is 12.4 Å². The molecule has 7 nitrogen and oxygen atoms in total. The van der Waals surface area contributed by atoms with Crippen molar-refractivity contribution in [1.82, 2.24) is 14.1 Å². The van der Waals surface area contributed by atoms with Crippen LogP contribution < -0.4 is 11.0 Å². The molecule has 3 heterocycles. The Bertz CT molecular complexity index is 1320. The molecule has 1 N–H and O–H groups in total. The van der Waals surface area contributed by atoms with E-state index in [2.05, 4.69) is 11.4 Å². The summed E-state index contributed by atoms with van der Waals surface area (Å²) in [5, 5.41) is 3.38. The summed E-state index contributed by atoms with van der Waals surface area (Å²) >= 11 is 0. The fraction of sp³-hybridized carbons (Fsp3) is 0.483. The standard InChI is InChI=1S/C29H35F3N4O3/c1-2-3-12-26(37)39-20-25(22-9-6-10-23(19-22)29(30,31)32)36-18-17-35(28(36)38)16-7-11-24-14-13-21-8-4-5-15-33-27(21)34-24/h6,9-10,13-14,17-19,25H,2-5,7-8,11-12,15-16,20H2,1H3,(H,33,34). The maximum atomic E-state index is 13.4. The summed E-state index contributed by atoms with van der Waals surface area (Å²) in [7, 11) is 0. The lowest BCUT2D eigenvalue weighted by atomic mass is 10.0. The predicted octanol–water partition coefficient (Wildman–Crippen LogP) is 5.77. The maximum absolute atomic E-state index is 13.4. The largest absolute Gasteiger partial charge is 0.463 e. The summed E-state index contributed by atoms with van der Waals surface area (Å²) in [4.78, 5) is 30.2. The number of imidazole rings is 1. The van der Waals surface area contributed by atoms with Gasteiger partial charge in [-0.15, -0.1) is 0 Å². The Morgan fingerprint density at radius 1 is 1.15 bits per heavy atom. The zero-order chi connectivity index (χ0) is 27.8. The molecule has 0 fully saturated rings. The van der Waals surface area contributed by atoms with Crippen molar-refractivity contribution >= 4 is 11.8 Å². The minimum atomic E-state index is -4.53. The van der Waals surface area contributed by atoms with Gasteiger partial charge in [0.25, 0.3) is 0 Å². The maximum Gasteiger partial charge on any atom is 0.416 e. The molecule has 0 amide bonds. The van der Waals surface area contributed by atoms with E-state index in [4.69, 9.17) is 9.72 Å². The number of unbranched alkanes of at least 4 members (excludes halogenated alkanes) is 1. The second-order valence-electron chi connectivity index (χ2n) is 9.90. The van der Waals surface area contributed by atoms with Gasteiger partial charge in [-0.1, -0.05) is 31.5 Å². The first-order valence-corrected chi connectivity index (χ1v) is 13.6. The van der Waals surface area contributed by atoms with Crippen molar-refractivity contribution in [3.63, 3.8) is 0 Å². The number of alkyl halides is 3. The number of fused-ring (bicyclic) bond motifs is 1. The SMILES string of the molecule is CCCCC(=O)OCC(c1cccc(C(F)(F)F)c1)n1ccn(CCCc2ccc3c(n2)NCCCC3)c1=O. The zero-order valence-electron chi connectivity index (χ0n) is 22.2. The van der Waals surface area contributed by atoms with Crippen LogP contribution >= 0.6 is 0 Å². The van der Waals surface area contributed by atoms with Crippen molar-refractivity contribution in [3.05, 3.63) is 81.7 Å². The van der Waals surface area contributed by atoms with Crippen molar-refractivity contribution in [2.75, 3.05) is 18.5 Å². The van der Waals surface area contributed by atoms with Gasteiger partial charge in [-0.25, -0.2) is 9.78 Å².